The second-order valence-electron chi connectivity index (χ2n) is 5.52. The second-order valence-corrected chi connectivity index (χ2v) is 5.52. The molecular formula is C15H20F2N2O. The van der Waals surface area contributed by atoms with E-state index in [1.54, 1.807) is 0 Å². The predicted octanol–water partition coefficient (Wildman–Crippen LogP) is 2.24. The summed E-state index contributed by atoms with van der Waals surface area (Å²) in [5, 5.41) is 2.79. The average Bonchev–Trinajstić information content (AvgIpc) is 3.17. The van der Waals surface area contributed by atoms with E-state index in [0.717, 1.165) is 25.3 Å². The Bertz CT molecular complexity index is 501. The van der Waals surface area contributed by atoms with Crippen molar-refractivity contribution in [2.75, 3.05) is 6.54 Å². The van der Waals surface area contributed by atoms with Crippen molar-refractivity contribution in [3.63, 3.8) is 0 Å². The van der Waals surface area contributed by atoms with Crippen LogP contribution >= 0.6 is 0 Å². The molecule has 1 aliphatic carbocycles. The first-order chi connectivity index (χ1) is 9.48. The van der Waals surface area contributed by atoms with E-state index < -0.39 is 17.7 Å². The zero-order valence-corrected chi connectivity index (χ0v) is 11.6. The average molecular weight is 282 g/mol. The van der Waals surface area contributed by atoms with E-state index in [1.807, 2.05) is 6.92 Å². The summed E-state index contributed by atoms with van der Waals surface area (Å²) in [7, 11) is 0. The summed E-state index contributed by atoms with van der Waals surface area (Å²) >= 11 is 0. The number of benzene rings is 1. The van der Waals surface area contributed by atoms with Crippen LogP contribution in [0.5, 0.6) is 0 Å². The van der Waals surface area contributed by atoms with Gasteiger partial charge in [0.1, 0.15) is 11.6 Å². The minimum Gasteiger partial charge on any atom is -0.354 e. The lowest BCUT2D eigenvalue weighted by Gasteiger charge is -2.19. The Morgan fingerprint density at radius 2 is 2.15 bits per heavy atom. The van der Waals surface area contributed by atoms with Crippen molar-refractivity contribution in [2.45, 2.75) is 44.1 Å². The third-order valence-corrected chi connectivity index (χ3v) is 3.89. The molecule has 1 fully saturated rings. The van der Waals surface area contributed by atoms with E-state index in [1.165, 1.54) is 12.1 Å². The van der Waals surface area contributed by atoms with Crippen LogP contribution in [0.4, 0.5) is 8.78 Å². The lowest BCUT2D eigenvalue weighted by Crippen LogP contribution is -2.43. The first kappa shape index (κ1) is 14.9. The second kappa shape index (κ2) is 5.87. The Morgan fingerprint density at radius 3 is 2.70 bits per heavy atom. The van der Waals surface area contributed by atoms with Gasteiger partial charge in [0, 0.05) is 18.0 Å². The Kier molecular flexibility index (Phi) is 4.38. The van der Waals surface area contributed by atoms with Gasteiger partial charge in [-0.05, 0) is 30.9 Å². The van der Waals surface area contributed by atoms with Crippen molar-refractivity contribution in [1.29, 1.82) is 0 Å². The number of amides is 1. The summed E-state index contributed by atoms with van der Waals surface area (Å²) < 4.78 is 26.7. The van der Waals surface area contributed by atoms with Gasteiger partial charge in [-0.15, -0.1) is 0 Å². The lowest BCUT2D eigenvalue weighted by atomic mass is 9.95. The van der Waals surface area contributed by atoms with Gasteiger partial charge in [-0.25, -0.2) is 8.78 Å². The third-order valence-electron chi connectivity index (χ3n) is 3.89. The monoisotopic (exact) mass is 282 g/mol. The summed E-state index contributed by atoms with van der Waals surface area (Å²) in [6.07, 6.45) is 3.05. The van der Waals surface area contributed by atoms with Crippen LogP contribution in [-0.4, -0.2) is 18.5 Å². The SMILES string of the molecule is CCCC(N)C(=O)NCC1(c2ccc(F)cc2F)CC1. The third kappa shape index (κ3) is 3.15. The largest absolute Gasteiger partial charge is 0.354 e. The van der Waals surface area contributed by atoms with Crippen LogP contribution in [0.15, 0.2) is 18.2 Å². The molecule has 110 valence electrons. The molecule has 1 unspecified atom stereocenters. The van der Waals surface area contributed by atoms with E-state index in [9.17, 15) is 13.6 Å². The molecule has 3 nitrogen and oxygen atoms in total. The zero-order valence-electron chi connectivity index (χ0n) is 11.6. The number of nitrogens with two attached hydrogens (primary N) is 1. The topological polar surface area (TPSA) is 55.1 Å². The number of halogens is 2. The van der Waals surface area contributed by atoms with Crippen LogP contribution in [0.1, 0.15) is 38.2 Å². The van der Waals surface area contributed by atoms with Gasteiger partial charge >= 0.3 is 0 Å². The number of hydrogen-bond donors (Lipinski definition) is 2. The van der Waals surface area contributed by atoms with Crippen molar-refractivity contribution in [1.82, 2.24) is 5.32 Å². The molecule has 1 aromatic rings. The maximum absolute atomic E-state index is 13.8. The van der Waals surface area contributed by atoms with E-state index in [0.29, 0.717) is 18.5 Å². The molecule has 0 bridgehead atoms. The van der Waals surface area contributed by atoms with Crippen molar-refractivity contribution in [3.8, 4) is 0 Å². The van der Waals surface area contributed by atoms with Crippen LogP contribution in [0.25, 0.3) is 0 Å². The fourth-order valence-electron chi connectivity index (χ4n) is 2.44. The normalized spacial score (nSPS) is 17.6. The van der Waals surface area contributed by atoms with Crippen LogP contribution in [-0.2, 0) is 10.2 Å². The Labute approximate surface area is 117 Å². The summed E-state index contributed by atoms with van der Waals surface area (Å²) in [5.41, 5.74) is 5.82. The summed E-state index contributed by atoms with van der Waals surface area (Å²) in [4.78, 5) is 11.8. The molecule has 2 rings (SSSR count). The zero-order chi connectivity index (χ0) is 14.8. The van der Waals surface area contributed by atoms with Gasteiger partial charge in [-0.1, -0.05) is 19.4 Å². The van der Waals surface area contributed by atoms with E-state index in [-0.39, 0.29) is 11.3 Å². The van der Waals surface area contributed by atoms with Crippen molar-refractivity contribution in [2.24, 2.45) is 5.73 Å². The molecule has 1 atom stereocenters. The molecule has 0 saturated heterocycles. The minimum atomic E-state index is -0.587. The molecular weight excluding hydrogens is 262 g/mol. The molecule has 0 spiro atoms. The van der Waals surface area contributed by atoms with Gasteiger partial charge in [0.25, 0.3) is 0 Å². The Balaban J connectivity index is 2.00. The van der Waals surface area contributed by atoms with Gasteiger partial charge in [0.2, 0.25) is 5.91 Å². The maximum atomic E-state index is 13.8. The molecule has 1 aromatic carbocycles. The number of carbonyl (C=O) groups is 1. The predicted molar refractivity (Wildman–Crippen MR) is 73.2 cm³/mol. The van der Waals surface area contributed by atoms with Crippen molar-refractivity contribution in [3.05, 3.63) is 35.4 Å². The molecule has 5 heteroatoms. The van der Waals surface area contributed by atoms with E-state index in [2.05, 4.69) is 5.32 Å². The first-order valence-corrected chi connectivity index (χ1v) is 6.97. The number of rotatable bonds is 6. The van der Waals surface area contributed by atoms with Gasteiger partial charge in [0.05, 0.1) is 6.04 Å². The highest BCUT2D eigenvalue weighted by atomic mass is 19.1. The number of carbonyl (C=O) groups excluding carboxylic acids is 1. The standard InChI is InChI=1S/C15H20F2N2O/c1-2-3-13(18)14(20)19-9-15(6-7-15)11-5-4-10(16)8-12(11)17/h4-5,8,13H,2-3,6-7,9,18H2,1H3,(H,19,20). The van der Waals surface area contributed by atoms with Crippen LogP contribution in [0.3, 0.4) is 0 Å². The molecule has 1 saturated carbocycles. The molecule has 1 aliphatic rings. The molecule has 3 N–H and O–H groups in total. The quantitative estimate of drug-likeness (QED) is 0.840. The van der Waals surface area contributed by atoms with Gasteiger partial charge in [-0.2, -0.15) is 0 Å². The highest BCUT2D eigenvalue weighted by Gasteiger charge is 2.46. The Morgan fingerprint density at radius 1 is 1.45 bits per heavy atom. The molecule has 20 heavy (non-hydrogen) atoms. The number of nitrogens with one attached hydrogen (secondary N) is 1. The van der Waals surface area contributed by atoms with Gasteiger partial charge in [-0.3, -0.25) is 4.79 Å². The van der Waals surface area contributed by atoms with Crippen LogP contribution < -0.4 is 11.1 Å². The number of hydrogen-bond acceptors (Lipinski definition) is 2. The van der Waals surface area contributed by atoms with Crippen molar-refractivity contribution < 1.29 is 13.6 Å². The fourth-order valence-corrected chi connectivity index (χ4v) is 2.44. The van der Waals surface area contributed by atoms with E-state index >= 15 is 0 Å². The highest BCUT2D eigenvalue weighted by Crippen LogP contribution is 2.48. The summed E-state index contributed by atoms with van der Waals surface area (Å²) in [6.45, 7) is 2.31. The van der Waals surface area contributed by atoms with Crippen LogP contribution in [0, 0.1) is 11.6 Å². The smallest absolute Gasteiger partial charge is 0.236 e. The summed E-state index contributed by atoms with van der Waals surface area (Å²) in [6, 6.07) is 3.09. The van der Waals surface area contributed by atoms with Gasteiger partial charge < -0.3 is 11.1 Å². The minimum absolute atomic E-state index is 0.208. The summed E-state index contributed by atoms with van der Waals surface area (Å²) in [5.74, 6) is -1.34. The lowest BCUT2D eigenvalue weighted by molar-refractivity contribution is -0.122. The first-order valence-electron chi connectivity index (χ1n) is 6.97. The van der Waals surface area contributed by atoms with E-state index in [4.69, 9.17) is 5.73 Å². The van der Waals surface area contributed by atoms with Crippen molar-refractivity contribution >= 4 is 5.91 Å². The molecule has 0 aliphatic heterocycles. The fraction of sp³-hybridized carbons (Fsp3) is 0.533. The molecule has 0 aromatic heterocycles. The molecule has 0 radical (unpaired) electrons. The molecule has 0 heterocycles. The van der Waals surface area contributed by atoms with Gasteiger partial charge in [0.15, 0.2) is 0 Å². The highest BCUT2D eigenvalue weighted by molar-refractivity contribution is 5.81. The van der Waals surface area contributed by atoms with Crippen LogP contribution in [0.2, 0.25) is 0 Å². The Hall–Kier alpha value is -1.49. The molecule has 1 amide bonds. The maximum Gasteiger partial charge on any atom is 0.236 e.